The van der Waals surface area contributed by atoms with E-state index in [9.17, 15) is 12.8 Å². The molecule has 0 aliphatic heterocycles. The van der Waals surface area contributed by atoms with Gasteiger partial charge in [-0.15, -0.1) is 0 Å². The lowest BCUT2D eigenvalue weighted by Crippen LogP contribution is -2.06. The zero-order valence-corrected chi connectivity index (χ0v) is 9.48. The van der Waals surface area contributed by atoms with Gasteiger partial charge in [-0.1, -0.05) is 15.9 Å². The van der Waals surface area contributed by atoms with E-state index in [2.05, 4.69) is 15.9 Å². The van der Waals surface area contributed by atoms with E-state index >= 15 is 0 Å². The standard InChI is InChI=1S/C8H8BrFO3S/c9-7-3-6(4-8(10)5-7)1-2-14(11,12)13/h3-5H,1-2H2,(H,11,12,13). The molecule has 0 saturated heterocycles. The number of rotatable bonds is 3. The van der Waals surface area contributed by atoms with E-state index in [1.54, 1.807) is 6.07 Å². The zero-order valence-electron chi connectivity index (χ0n) is 7.07. The highest BCUT2D eigenvalue weighted by molar-refractivity contribution is 9.10. The SMILES string of the molecule is O=S(=O)(O)CCc1cc(F)cc(Br)c1. The Balaban J connectivity index is 2.78. The van der Waals surface area contributed by atoms with Crippen LogP contribution < -0.4 is 0 Å². The van der Waals surface area contributed by atoms with Gasteiger partial charge in [-0.3, -0.25) is 4.55 Å². The first kappa shape index (κ1) is 11.6. The van der Waals surface area contributed by atoms with E-state index in [0.717, 1.165) is 0 Å². The molecule has 0 aromatic heterocycles. The van der Waals surface area contributed by atoms with Gasteiger partial charge >= 0.3 is 0 Å². The molecule has 78 valence electrons. The molecular weight excluding hydrogens is 275 g/mol. The molecule has 3 nitrogen and oxygen atoms in total. The van der Waals surface area contributed by atoms with Gasteiger partial charge in [0.15, 0.2) is 0 Å². The van der Waals surface area contributed by atoms with E-state index in [1.807, 2.05) is 0 Å². The summed E-state index contributed by atoms with van der Waals surface area (Å²) in [7, 11) is -3.99. The lowest BCUT2D eigenvalue weighted by molar-refractivity contribution is 0.482. The van der Waals surface area contributed by atoms with Crippen LogP contribution in [-0.2, 0) is 16.5 Å². The summed E-state index contributed by atoms with van der Waals surface area (Å²) in [6.07, 6.45) is 0.0925. The topological polar surface area (TPSA) is 54.4 Å². The maximum atomic E-state index is 12.8. The Morgan fingerprint density at radius 1 is 1.36 bits per heavy atom. The average Bonchev–Trinajstić information content (AvgIpc) is 1.97. The maximum Gasteiger partial charge on any atom is 0.265 e. The first-order valence-electron chi connectivity index (χ1n) is 3.77. The van der Waals surface area contributed by atoms with Gasteiger partial charge in [0, 0.05) is 4.47 Å². The second kappa shape index (κ2) is 4.37. The number of aryl methyl sites for hydroxylation is 1. The van der Waals surface area contributed by atoms with Crippen molar-refractivity contribution >= 4 is 26.0 Å². The molecule has 14 heavy (non-hydrogen) atoms. The van der Waals surface area contributed by atoms with Gasteiger partial charge < -0.3 is 0 Å². The van der Waals surface area contributed by atoms with E-state index in [-0.39, 0.29) is 6.42 Å². The molecule has 0 amide bonds. The fourth-order valence-electron chi connectivity index (χ4n) is 1.00. The van der Waals surface area contributed by atoms with Crippen molar-refractivity contribution in [2.24, 2.45) is 0 Å². The van der Waals surface area contributed by atoms with Crippen molar-refractivity contribution in [2.45, 2.75) is 6.42 Å². The highest BCUT2D eigenvalue weighted by Crippen LogP contribution is 2.15. The van der Waals surface area contributed by atoms with Crippen LogP contribution in [-0.4, -0.2) is 18.7 Å². The lowest BCUT2D eigenvalue weighted by atomic mass is 10.2. The van der Waals surface area contributed by atoms with E-state index in [1.165, 1.54) is 12.1 Å². The third-order valence-corrected chi connectivity index (χ3v) is 2.75. The van der Waals surface area contributed by atoms with Crippen LogP contribution in [0.1, 0.15) is 5.56 Å². The predicted octanol–water partition coefficient (Wildman–Crippen LogP) is 2.02. The summed E-state index contributed by atoms with van der Waals surface area (Å²) in [5, 5.41) is 0. The van der Waals surface area contributed by atoms with Crippen molar-refractivity contribution in [3.8, 4) is 0 Å². The van der Waals surface area contributed by atoms with Gasteiger partial charge in [0.05, 0.1) is 5.75 Å². The third kappa shape index (κ3) is 4.17. The Labute approximate surface area is 89.8 Å². The van der Waals surface area contributed by atoms with Gasteiger partial charge in [0.25, 0.3) is 10.1 Å². The maximum absolute atomic E-state index is 12.8. The van der Waals surface area contributed by atoms with Crippen molar-refractivity contribution in [1.29, 1.82) is 0 Å². The van der Waals surface area contributed by atoms with E-state index in [4.69, 9.17) is 4.55 Å². The first-order valence-corrected chi connectivity index (χ1v) is 6.17. The van der Waals surface area contributed by atoms with Crippen LogP contribution >= 0.6 is 15.9 Å². The summed E-state index contributed by atoms with van der Waals surface area (Å²) in [4.78, 5) is 0. The Hall–Kier alpha value is -0.460. The molecule has 0 aliphatic rings. The largest absolute Gasteiger partial charge is 0.286 e. The quantitative estimate of drug-likeness (QED) is 0.863. The van der Waals surface area contributed by atoms with Crippen molar-refractivity contribution in [3.05, 3.63) is 34.1 Å². The fourth-order valence-corrected chi connectivity index (χ4v) is 2.01. The second-order valence-corrected chi connectivity index (χ2v) is 5.30. The van der Waals surface area contributed by atoms with Crippen LogP contribution in [0, 0.1) is 5.82 Å². The monoisotopic (exact) mass is 282 g/mol. The Morgan fingerprint density at radius 2 is 2.00 bits per heavy atom. The Kier molecular flexibility index (Phi) is 3.63. The van der Waals surface area contributed by atoms with Crippen LogP contribution in [0.2, 0.25) is 0 Å². The molecule has 0 bridgehead atoms. The molecule has 0 saturated carbocycles. The third-order valence-electron chi connectivity index (χ3n) is 1.57. The number of halogens is 2. The minimum Gasteiger partial charge on any atom is -0.286 e. The smallest absolute Gasteiger partial charge is 0.265 e. The molecule has 1 rings (SSSR count). The first-order chi connectivity index (χ1) is 6.37. The molecule has 1 aromatic rings. The zero-order chi connectivity index (χ0) is 10.8. The summed E-state index contributed by atoms with van der Waals surface area (Å²) in [6.45, 7) is 0. The number of benzene rings is 1. The number of hydrogen-bond acceptors (Lipinski definition) is 2. The van der Waals surface area contributed by atoms with Crippen molar-refractivity contribution < 1.29 is 17.4 Å². The van der Waals surface area contributed by atoms with E-state index < -0.39 is 21.7 Å². The fraction of sp³-hybridized carbons (Fsp3) is 0.250. The predicted molar refractivity (Wildman–Crippen MR) is 54.2 cm³/mol. The Morgan fingerprint density at radius 3 is 2.50 bits per heavy atom. The molecule has 0 fully saturated rings. The minimum atomic E-state index is -3.99. The van der Waals surface area contributed by atoms with Gasteiger partial charge in [0.1, 0.15) is 5.82 Å². The van der Waals surface area contributed by atoms with Crippen LogP contribution in [0.3, 0.4) is 0 Å². The van der Waals surface area contributed by atoms with Crippen LogP contribution in [0.5, 0.6) is 0 Å². The van der Waals surface area contributed by atoms with E-state index in [0.29, 0.717) is 10.0 Å². The van der Waals surface area contributed by atoms with Crippen molar-refractivity contribution in [2.75, 3.05) is 5.75 Å². The molecule has 1 aromatic carbocycles. The minimum absolute atomic E-state index is 0.0925. The van der Waals surface area contributed by atoms with Gasteiger partial charge in [-0.05, 0) is 30.2 Å². The number of hydrogen-bond donors (Lipinski definition) is 1. The molecule has 0 radical (unpaired) electrons. The summed E-state index contributed by atoms with van der Waals surface area (Å²) < 4.78 is 42.7. The highest BCUT2D eigenvalue weighted by atomic mass is 79.9. The average molecular weight is 283 g/mol. The summed E-state index contributed by atoms with van der Waals surface area (Å²) in [5.41, 5.74) is 0.523. The molecule has 0 unspecified atom stereocenters. The van der Waals surface area contributed by atoms with Gasteiger partial charge in [-0.2, -0.15) is 8.42 Å². The second-order valence-electron chi connectivity index (χ2n) is 2.81. The summed E-state index contributed by atoms with van der Waals surface area (Å²) in [6, 6.07) is 4.11. The molecule has 0 aliphatic carbocycles. The molecule has 0 heterocycles. The van der Waals surface area contributed by atoms with Crippen molar-refractivity contribution in [3.63, 3.8) is 0 Å². The summed E-state index contributed by atoms with van der Waals surface area (Å²) in [5.74, 6) is -0.840. The van der Waals surface area contributed by atoms with Gasteiger partial charge in [0.2, 0.25) is 0 Å². The van der Waals surface area contributed by atoms with Crippen molar-refractivity contribution in [1.82, 2.24) is 0 Å². The molecule has 1 N–H and O–H groups in total. The lowest BCUT2D eigenvalue weighted by Gasteiger charge is -2.00. The Bertz CT molecular complexity index is 410. The normalized spacial score (nSPS) is 11.6. The van der Waals surface area contributed by atoms with Crippen LogP contribution in [0.25, 0.3) is 0 Å². The van der Waals surface area contributed by atoms with Crippen LogP contribution in [0.15, 0.2) is 22.7 Å². The molecular formula is C8H8BrFO3S. The van der Waals surface area contributed by atoms with Gasteiger partial charge in [-0.25, -0.2) is 4.39 Å². The molecule has 6 heteroatoms. The molecule has 0 spiro atoms. The highest BCUT2D eigenvalue weighted by Gasteiger charge is 2.06. The molecule has 0 atom stereocenters. The summed E-state index contributed by atoms with van der Waals surface area (Å²) >= 11 is 3.08. The van der Waals surface area contributed by atoms with Crippen LogP contribution in [0.4, 0.5) is 4.39 Å².